The molecule has 2 atom stereocenters. The van der Waals surface area contributed by atoms with Crippen molar-refractivity contribution in [1.29, 1.82) is 0 Å². The first-order chi connectivity index (χ1) is 8.10. The van der Waals surface area contributed by atoms with E-state index < -0.39 is 0 Å². The van der Waals surface area contributed by atoms with Crippen molar-refractivity contribution in [3.63, 3.8) is 0 Å². The zero-order valence-corrected chi connectivity index (χ0v) is 11.7. The van der Waals surface area contributed by atoms with Gasteiger partial charge in [0.15, 0.2) is 11.6 Å². The number of nitrogens with zero attached hydrogens (tertiary/aromatic N) is 2. The molecule has 0 aliphatic carbocycles. The number of ether oxygens (including phenoxy) is 1. The fourth-order valence-electron chi connectivity index (χ4n) is 1.94. The average Bonchev–Trinajstić information content (AvgIpc) is 2.28. The van der Waals surface area contributed by atoms with Gasteiger partial charge in [-0.1, -0.05) is 0 Å². The van der Waals surface area contributed by atoms with E-state index in [-0.39, 0.29) is 18.0 Å². The molecule has 17 heavy (non-hydrogen) atoms. The second kappa shape index (κ2) is 5.50. The molecular weight excluding hydrogens is 310 g/mol. The minimum absolute atomic E-state index is 0.0253. The number of pyridine rings is 1. The predicted molar refractivity (Wildman–Crippen MR) is 69.2 cm³/mol. The smallest absolute Gasteiger partial charge is 0.166 e. The molecule has 0 saturated carbocycles. The van der Waals surface area contributed by atoms with Gasteiger partial charge in [-0.2, -0.15) is 0 Å². The summed E-state index contributed by atoms with van der Waals surface area (Å²) in [6.45, 7) is 3.14. The molecule has 6 heteroatoms. The molecule has 0 bridgehead atoms. The molecule has 0 aromatic carbocycles. The van der Waals surface area contributed by atoms with Crippen molar-refractivity contribution in [3.8, 4) is 0 Å². The van der Waals surface area contributed by atoms with E-state index in [2.05, 4.69) is 20.9 Å². The van der Waals surface area contributed by atoms with Gasteiger partial charge in [-0.05, 0) is 28.9 Å². The maximum absolute atomic E-state index is 13.8. The first-order valence-corrected chi connectivity index (χ1v) is 6.70. The van der Waals surface area contributed by atoms with Crippen LogP contribution >= 0.6 is 27.5 Å². The van der Waals surface area contributed by atoms with Gasteiger partial charge in [0.25, 0.3) is 0 Å². The summed E-state index contributed by atoms with van der Waals surface area (Å²) >= 11 is 8.98. The summed E-state index contributed by atoms with van der Waals surface area (Å²) in [4.78, 5) is 5.99. The Morgan fingerprint density at radius 1 is 1.65 bits per heavy atom. The molecule has 1 aromatic heterocycles. The Bertz CT molecular complexity index is 407. The van der Waals surface area contributed by atoms with Gasteiger partial charge in [0.1, 0.15) is 0 Å². The Kier molecular flexibility index (Phi) is 4.22. The number of hydrogen-bond acceptors (Lipinski definition) is 3. The molecule has 1 fully saturated rings. The van der Waals surface area contributed by atoms with Gasteiger partial charge in [-0.25, -0.2) is 9.37 Å². The summed E-state index contributed by atoms with van der Waals surface area (Å²) in [7, 11) is 0. The number of halogens is 3. The fraction of sp³-hybridized carbons (Fsp3) is 0.545. The topological polar surface area (TPSA) is 25.4 Å². The lowest BCUT2D eigenvalue weighted by molar-refractivity contribution is -0.00376. The molecule has 1 aromatic rings. The van der Waals surface area contributed by atoms with Gasteiger partial charge in [0, 0.05) is 23.8 Å². The molecule has 94 valence electrons. The van der Waals surface area contributed by atoms with E-state index in [0.717, 1.165) is 0 Å². The fourth-order valence-corrected chi connectivity index (χ4v) is 2.42. The van der Waals surface area contributed by atoms with Crippen LogP contribution in [0.25, 0.3) is 0 Å². The summed E-state index contributed by atoms with van der Waals surface area (Å²) in [5.74, 6) is 0.430. The third-order valence-electron chi connectivity index (χ3n) is 2.59. The second-order valence-electron chi connectivity index (χ2n) is 4.09. The normalized spacial score (nSPS) is 25.1. The van der Waals surface area contributed by atoms with Crippen LogP contribution in [0.5, 0.6) is 0 Å². The largest absolute Gasteiger partial charge is 0.370 e. The van der Waals surface area contributed by atoms with Crippen molar-refractivity contribution < 1.29 is 9.13 Å². The molecule has 2 heterocycles. The van der Waals surface area contributed by atoms with Crippen molar-refractivity contribution in [3.05, 3.63) is 22.6 Å². The van der Waals surface area contributed by atoms with Gasteiger partial charge < -0.3 is 9.64 Å². The maximum Gasteiger partial charge on any atom is 0.166 e. The van der Waals surface area contributed by atoms with E-state index >= 15 is 0 Å². The molecule has 1 aliphatic heterocycles. The molecule has 0 N–H and O–H groups in total. The van der Waals surface area contributed by atoms with Crippen LogP contribution in [0, 0.1) is 5.82 Å². The molecule has 0 spiro atoms. The summed E-state index contributed by atoms with van der Waals surface area (Å²) < 4.78 is 20.0. The minimum Gasteiger partial charge on any atom is -0.370 e. The molecule has 3 nitrogen and oxygen atoms in total. The Balaban J connectivity index is 2.20. The van der Waals surface area contributed by atoms with E-state index in [9.17, 15) is 4.39 Å². The zero-order valence-electron chi connectivity index (χ0n) is 9.37. The summed E-state index contributed by atoms with van der Waals surface area (Å²) in [5, 5.41) is 0. The number of rotatable bonds is 2. The van der Waals surface area contributed by atoms with Gasteiger partial charge in [-0.15, -0.1) is 11.6 Å². The lowest BCUT2D eigenvalue weighted by atomic mass is 10.2. The number of anilines is 1. The summed E-state index contributed by atoms with van der Waals surface area (Å²) in [6, 6.07) is 1.41. The number of alkyl halides is 1. The van der Waals surface area contributed by atoms with E-state index in [0.29, 0.717) is 29.3 Å². The SMILES string of the molecule is CC1CN(c2ncc(Br)cc2F)CC(CCl)O1. The Labute approximate surface area is 113 Å². The highest BCUT2D eigenvalue weighted by molar-refractivity contribution is 9.10. The third-order valence-corrected chi connectivity index (χ3v) is 3.36. The molecule has 0 amide bonds. The minimum atomic E-state index is -0.332. The highest BCUT2D eigenvalue weighted by Gasteiger charge is 2.27. The first-order valence-electron chi connectivity index (χ1n) is 5.37. The van der Waals surface area contributed by atoms with Gasteiger partial charge in [-0.3, -0.25) is 0 Å². The van der Waals surface area contributed by atoms with Crippen molar-refractivity contribution >= 4 is 33.3 Å². The van der Waals surface area contributed by atoms with E-state index in [1.165, 1.54) is 6.07 Å². The van der Waals surface area contributed by atoms with Crippen LogP contribution in [-0.4, -0.2) is 36.2 Å². The van der Waals surface area contributed by atoms with Gasteiger partial charge in [0.05, 0.1) is 18.1 Å². The number of hydrogen-bond donors (Lipinski definition) is 0. The molecule has 2 unspecified atom stereocenters. The van der Waals surface area contributed by atoms with E-state index in [1.807, 2.05) is 11.8 Å². The standard InChI is InChI=1S/C11H13BrClFN2O/c1-7-5-16(6-9(3-13)17-7)11-10(14)2-8(12)4-15-11/h2,4,7,9H,3,5-6H2,1H3. The van der Waals surface area contributed by atoms with Crippen molar-refractivity contribution in [2.75, 3.05) is 23.9 Å². The van der Waals surface area contributed by atoms with Crippen LogP contribution in [0.3, 0.4) is 0 Å². The zero-order chi connectivity index (χ0) is 12.4. The lowest BCUT2D eigenvalue weighted by Gasteiger charge is -2.36. The molecule has 1 aliphatic rings. The number of aromatic nitrogens is 1. The number of morpholine rings is 1. The van der Waals surface area contributed by atoms with Crippen LogP contribution in [0.15, 0.2) is 16.7 Å². The molecular formula is C11H13BrClFN2O. The first kappa shape index (κ1) is 13.1. The van der Waals surface area contributed by atoms with Crippen LogP contribution in [0.1, 0.15) is 6.92 Å². The monoisotopic (exact) mass is 322 g/mol. The maximum atomic E-state index is 13.8. The molecule has 0 radical (unpaired) electrons. The van der Waals surface area contributed by atoms with Crippen LogP contribution < -0.4 is 4.90 Å². The summed E-state index contributed by atoms with van der Waals surface area (Å²) in [6.07, 6.45) is 1.54. The highest BCUT2D eigenvalue weighted by atomic mass is 79.9. The highest BCUT2D eigenvalue weighted by Crippen LogP contribution is 2.23. The van der Waals surface area contributed by atoms with Crippen molar-refractivity contribution in [2.24, 2.45) is 0 Å². The third kappa shape index (κ3) is 3.09. The van der Waals surface area contributed by atoms with E-state index in [4.69, 9.17) is 16.3 Å². The van der Waals surface area contributed by atoms with Gasteiger partial charge >= 0.3 is 0 Å². The Morgan fingerprint density at radius 3 is 3.06 bits per heavy atom. The average molecular weight is 324 g/mol. The van der Waals surface area contributed by atoms with Crippen LogP contribution in [-0.2, 0) is 4.74 Å². The van der Waals surface area contributed by atoms with Gasteiger partial charge in [0.2, 0.25) is 0 Å². The van der Waals surface area contributed by atoms with Crippen molar-refractivity contribution in [1.82, 2.24) is 4.98 Å². The molecule has 1 saturated heterocycles. The lowest BCUT2D eigenvalue weighted by Crippen LogP contribution is -2.48. The van der Waals surface area contributed by atoms with Crippen LogP contribution in [0.4, 0.5) is 10.2 Å². The van der Waals surface area contributed by atoms with E-state index in [1.54, 1.807) is 6.20 Å². The Morgan fingerprint density at radius 2 is 2.41 bits per heavy atom. The second-order valence-corrected chi connectivity index (χ2v) is 5.31. The van der Waals surface area contributed by atoms with Crippen LogP contribution in [0.2, 0.25) is 0 Å². The quantitative estimate of drug-likeness (QED) is 0.783. The van der Waals surface area contributed by atoms with Crippen molar-refractivity contribution in [2.45, 2.75) is 19.1 Å². The molecule has 2 rings (SSSR count). The Hall–Kier alpha value is -0.390. The predicted octanol–water partition coefficient (Wildman–Crippen LogP) is 2.82. The summed E-state index contributed by atoms with van der Waals surface area (Å²) in [5.41, 5.74) is 0.